The normalized spacial score (nSPS) is 21.1. The van der Waals surface area contributed by atoms with Gasteiger partial charge in [0.25, 0.3) is 0 Å². The summed E-state index contributed by atoms with van der Waals surface area (Å²) >= 11 is 0. The Kier molecular flexibility index (Phi) is 10.2. The maximum absolute atomic E-state index is 13.9. The standard InChI is InChI=1S/C42H48N8O6/c1-55-39(53)47-41(19-3-4-20-41)37(51)49-23-7-9-33(49)35-43-26-32(46-35)29-16-13-27(14-17-29)11-12-28-15-18-30-31(25-28)45-36(44-30)34-10-8-24-50(34)38(52)42(21-5-6-22-42)48-40(54)56-2/h13-18,25-26,33-34H,3-10,19-24H2,1-2H3,(H,43,46)(H,44,45)(H,47,53)(H,48,54)/t33-,34-/m0/s1. The fourth-order valence-corrected chi connectivity index (χ4v) is 9.17. The molecule has 0 unspecified atom stereocenters. The number of carbonyl (C=O) groups is 4. The summed E-state index contributed by atoms with van der Waals surface area (Å²) in [7, 11) is 2.64. The highest BCUT2D eigenvalue weighted by Crippen LogP contribution is 2.40. The van der Waals surface area contributed by atoms with E-state index in [4.69, 9.17) is 19.4 Å². The number of amides is 4. The number of fused-ring (bicyclic) bond motifs is 1. The quantitative estimate of drug-likeness (QED) is 0.166. The van der Waals surface area contributed by atoms with Crippen molar-refractivity contribution in [3.8, 4) is 23.1 Å². The summed E-state index contributed by atoms with van der Waals surface area (Å²) in [4.78, 5) is 72.4. The molecule has 292 valence electrons. The largest absolute Gasteiger partial charge is 0.453 e. The van der Waals surface area contributed by atoms with Gasteiger partial charge in [0.1, 0.15) is 22.7 Å². The summed E-state index contributed by atoms with van der Waals surface area (Å²) in [5.74, 6) is 7.89. The maximum Gasteiger partial charge on any atom is 0.407 e. The van der Waals surface area contributed by atoms with Gasteiger partial charge in [-0.2, -0.15) is 0 Å². The highest BCUT2D eigenvalue weighted by atomic mass is 16.5. The minimum Gasteiger partial charge on any atom is -0.453 e. The Bertz CT molecular complexity index is 2190. The topological polar surface area (TPSA) is 175 Å². The van der Waals surface area contributed by atoms with Gasteiger partial charge in [0.05, 0.1) is 49.2 Å². The van der Waals surface area contributed by atoms with Gasteiger partial charge in [-0.05, 0) is 87.3 Å². The fraction of sp³-hybridized carbons (Fsp3) is 0.476. The Balaban J connectivity index is 0.936. The van der Waals surface area contributed by atoms with Gasteiger partial charge < -0.3 is 39.9 Å². The fourth-order valence-electron chi connectivity index (χ4n) is 9.17. The summed E-state index contributed by atoms with van der Waals surface area (Å²) in [5.41, 5.74) is 3.27. The average Bonchev–Trinajstić information content (AvgIpc) is 4.07. The van der Waals surface area contributed by atoms with Crippen molar-refractivity contribution in [2.45, 2.75) is 100 Å². The molecule has 14 heteroatoms. The molecule has 2 saturated carbocycles. The van der Waals surface area contributed by atoms with Crippen molar-refractivity contribution in [3.05, 3.63) is 71.4 Å². The van der Waals surface area contributed by atoms with Crippen LogP contribution in [-0.2, 0) is 19.1 Å². The molecule has 56 heavy (non-hydrogen) atoms. The van der Waals surface area contributed by atoms with Crippen molar-refractivity contribution in [2.24, 2.45) is 0 Å². The van der Waals surface area contributed by atoms with Gasteiger partial charge in [-0.3, -0.25) is 9.59 Å². The summed E-state index contributed by atoms with van der Waals surface area (Å²) < 4.78 is 9.71. The van der Waals surface area contributed by atoms with E-state index in [0.717, 1.165) is 96.4 Å². The first-order chi connectivity index (χ1) is 27.2. The third-order valence-corrected chi connectivity index (χ3v) is 12.1. The number of benzene rings is 2. The number of imidazole rings is 2. The first kappa shape index (κ1) is 37.1. The van der Waals surface area contributed by atoms with E-state index in [0.29, 0.717) is 38.8 Å². The molecule has 8 rings (SSSR count). The number of nitrogens with one attached hydrogen (secondary N) is 4. The number of H-pyrrole nitrogens is 2. The average molecular weight is 761 g/mol. The van der Waals surface area contributed by atoms with Crippen molar-refractivity contribution < 1.29 is 28.7 Å². The number of nitrogens with zero attached hydrogens (tertiary/aromatic N) is 4. The number of rotatable bonds is 7. The molecule has 4 fully saturated rings. The van der Waals surface area contributed by atoms with E-state index in [2.05, 4.69) is 32.4 Å². The van der Waals surface area contributed by atoms with E-state index in [1.165, 1.54) is 14.2 Å². The molecular formula is C42H48N8O6. The lowest BCUT2D eigenvalue weighted by Gasteiger charge is -2.35. The van der Waals surface area contributed by atoms with Crippen LogP contribution in [0.3, 0.4) is 0 Å². The molecule has 2 aromatic carbocycles. The molecule has 4 aromatic rings. The summed E-state index contributed by atoms with van der Waals surface area (Å²) in [6.45, 7) is 1.23. The van der Waals surface area contributed by atoms with E-state index < -0.39 is 23.3 Å². The zero-order valence-electron chi connectivity index (χ0n) is 31.9. The lowest BCUT2D eigenvalue weighted by molar-refractivity contribution is -0.139. The Morgan fingerprint density at radius 2 is 1.25 bits per heavy atom. The molecule has 2 saturated heterocycles. The van der Waals surface area contributed by atoms with Crippen molar-refractivity contribution in [2.75, 3.05) is 27.3 Å². The van der Waals surface area contributed by atoms with Crippen molar-refractivity contribution in [1.82, 2.24) is 40.4 Å². The van der Waals surface area contributed by atoms with E-state index in [1.54, 1.807) is 6.20 Å². The number of methoxy groups -OCH3 is 2. The number of alkyl carbamates (subject to hydrolysis) is 2. The molecule has 2 atom stereocenters. The molecule has 2 aliphatic carbocycles. The predicted octanol–water partition coefficient (Wildman–Crippen LogP) is 6.02. The molecule has 4 amide bonds. The molecule has 0 radical (unpaired) electrons. The van der Waals surface area contributed by atoms with Crippen molar-refractivity contribution >= 4 is 35.0 Å². The third-order valence-electron chi connectivity index (χ3n) is 12.1. The van der Waals surface area contributed by atoms with Crippen LogP contribution in [0.1, 0.15) is 112 Å². The first-order valence-electron chi connectivity index (χ1n) is 19.7. The highest BCUT2D eigenvalue weighted by molar-refractivity contribution is 5.91. The molecule has 4 aliphatic rings. The van der Waals surface area contributed by atoms with Gasteiger partial charge in [0.2, 0.25) is 11.8 Å². The first-order valence-corrected chi connectivity index (χ1v) is 19.7. The Labute approximate surface area is 325 Å². The lowest BCUT2D eigenvalue weighted by Crippen LogP contribution is -2.58. The van der Waals surface area contributed by atoms with Crippen LogP contribution in [0.4, 0.5) is 9.59 Å². The van der Waals surface area contributed by atoms with Gasteiger partial charge in [0.15, 0.2) is 0 Å². The third kappa shape index (κ3) is 7.06. The summed E-state index contributed by atoms with van der Waals surface area (Å²) in [6.07, 6.45) is 9.86. The van der Waals surface area contributed by atoms with E-state index in [-0.39, 0.29) is 23.9 Å². The number of hydrogen-bond acceptors (Lipinski definition) is 8. The van der Waals surface area contributed by atoms with Crippen LogP contribution in [-0.4, -0.2) is 92.1 Å². The van der Waals surface area contributed by atoms with Crippen LogP contribution in [0, 0.1) is 11.8 Å². The molecule has 2 aromatic heterocycles. The smallest absolute Gasteiger partial charge is 0.407 e. The molecule has 4 heterocycles. The zero-order valence-corrected chi connectivity index (χ0v) is 31.9. The molecule has 0 bridgehead atoms. The van der Waals surface area contributed by atoms with E-state index >= 15 is 0 Å². The van der Waals surface area contributed by atoms with Crippen LogP contribution in [0.15, 0.2) is 48.7 Å². The van der Waals surface area contributed by atoms with E-state index in [1.807, 2.05) is 52.3 Å². The number of carbonyl (C=O) groups excluding carboxylic acids is 4. The highest BCUT2D eigenvalue weighted by Gasteiger charge is 2.49. The van der Waals surface area contributed by atoms with Gasteiger partial charge >= 0.3 is 12.2 Å². The molecule has 14 nitrogen and oxygen atoms in total. The SMILES string of the molecule is COC(=O)NC1(C(=O)N2CCC[C@H]2c2ncc(-c3ccc(C#Cc4ccc5nc([C@@H]6CCCN6C(=O)C6(NC(=O)OC)CCCC6)[nH]c5c4)cc3)[nH]2)CCCC1. The second-order valence-electron chi connectivity index (χ2n) is 15.5. The number of ether oxygens (including phenoxy) is 2. The van der Waals surface area contributed by atoms with Crippen LogP contribution in [0.25, 0.3) is 22.3 Å². The van der Waals surface area contributed by atoms with Crippen molar-refractivity contribution in [1.29, 1.82) is 0 Å². The lowest BCUT2D eigenvalue weighted by atomic mass is 9.95. The van der Waals surface area contributed by atoms with Crippen LogP contribution < -0.4 is 10.6 Å². The Hall–Kier alpha value is -5.84. The van der Waals surface area contributed by atoms with Gasteiger partial charge in [-0.25, -0.2) is 19.6 Å². The summed E-state index contributed by atoms with van der Waals surface area (Å²) in [6, 6.07) is 13.4. The number of likely N-dealkylation sites (tertiary alicyclic amines) is 2. The van der Waals surface area contributed by atoms with Crippen LogP contribution in [0.2, 0.25) is 0 Å². The second kappa shape index (κ2) is 15.4. The Morgan fingerprint density at radius 1 is 0.714 bits per heavy atom. The van der Waals surface area contributed by atoms with Gasteiger partial charge in [0, 0.05) is 24.2 Å². The molecule has 0 spiro atoms. The van der Waals surface area contributed by atoms with E-state index in [9.17, 15) is 19.2 Å². The molecular weight excluding hydrogens is 713 g/mol. The van der Waals surface area contributed by atoms with Crippen LogP contribution >= 0.6 is 0 Å². The minimum atomic E-state index is -0.936. The van der Waals surface area contributed by atoms with Crippen molar-refractivity contribution in [3.63, 3.8) is 0 Å². The van der Waals surface area contributed by atoms with Gasteiger partial charge in [-0.15, -0.1) is 0 Å². The molecule has 2 aliphatic heterocycles. The summed E-state index contributed by atoms with van der Waals surface area (Å²) in [5, 5.41) is 5.73. The Morgan fingerprint density at radius 3 is 1.82 bits per heavy atom. The van der Waals surface area contributed by atoms with Gasteiger partial charge in [-0.1, -0.05) is 49.7 Å². The molecule has 4 N–H and O–H groups in total. The maximum atomic E-state index is 13.9. The number of aromatic amines is 2. The number of aromatic nitrogens is 4. The number of hydrogen-bond donors (Lipinski definition) is 4. The van der Waals surface area contributed by atoms with Crippen LogP contribution in [0.5, 0.6) is 0 Å². The minimum absolute atomic E-state index is 0.0632. The second-order valence-corrected chi connectivity index (χ2v) is 15.5. The predicted molar refractivity (Wildman–Crippen MR) is 207 cm³/mol. The zero-order chi connectivity index (χ0) is 38.9. The monoisotopic (exact) mass is 760 g/mol.